The largest absolute Gasteiger partial charge is 0.508 e. The second-order valence-corrected chi connectivity index (χ2v) is 10.8. The summed E-state index contributed by atoms with van der Waals surface area (Å²) < 4.78 is 7.77. The molecule has 0 unspecified atom stereocenters. The smallest absolute Gasteiger partial charge is 0.229 e. The van der Waals surface area contributed by atoms with Gasteiger partial charge in [-0.3, -0.25) is 9.78 Å². The highest BCUT2D eigenvalue weighted by Gasteiger charge is 2.42. The molecule has 0 radical (unpaired) electrons. The lowest BCUT2D eigenvalue weighted by Gasteiger charge is -2.29. The fraction of sp³-hybridized carbons (Fsp3) is 0.233. The monoisotopic (exact) mass is 541 g/mol. The van der Waals surface area contributed by atoms with E-state index in [4.69, 9.17) is 17.0 Å². The quantitative estimate of drug-likeness (QED) is 0.268. The zero-order valence-corrected chi connectivity index (χ0v) is 23.1. The number of aromatic hydroxyl groups is 1. The van der Waals surface area contributed by atoms with Gasteiger partial charge in [-0.05, 0) is 72.9 Å². The number of phenols is 1. The Hall–Kier alpha value is -4.37. The molecule has 39 heavy (non-hydrogen) atoms. The predicted octanol–water partition coefficient (Wildman–Crippen LogP) is 5.75. The van der Waals surface area contributed by atoms with Gasteiger partial charge in [-0.25, -0.2) is 0 Å². The number of pyridine rings is 1. The summed E-state index contributed by atoms with van der Waals surface area (Å²) in [5, 5.41) is 16.8. The first-order valence-electron chi connectivity index (χ1n) is 12.6. The molecule has 0 bridgehead atoms. The van der Waals surface area contributed by atoms with Gasteiger partial charge < -0.3 is 29.9 Å². The Morgan fingerprint density at radius 2 is 1.79 bits per heavy atom. The topological polar surface area (TPSA) is 91.7 Å². The molecule has 1 saturated heterocycles. The molecule has 3 heterocycles. The Bertz CT molecular complexity index is 1500. The van der Waals surface area contributed by atoms with Crippen LogP contribution in [0, 0.1) is 5.41 Å². The van der Waals surface area contributed by atoms with Gasteiger partial charge in [0.2, 0.25) is 5.91 Å². The maximum atomic E-state index is 12.7. The van der Waals surface area contributed by atoms with E-state index in [1.54, 1.807) is 25.4 Å². The number of hydrogen-bond acceptors (Lipinski definition) is 5. The molecule has 8 nitrogen and oxygen atoms in total. The number of rotatable bonds is 6. The third-order valence-electron chi connectivity index (χ3n) is 6.70. The Morgan fingerprint density at radius 3 is 2.46 bits per heavy atom. The molecule has 2 aromatic carbocycles. The highest BCUT2D eigenvalue weighted by Crippen LogP contribution is 2.44. The molecular weight excluding hydrogens is 510 g/mol. The summed E-state index contributed by atoms with van der Waals surface area (Å²) in [7, 11) is 1.58. The first-order chi connectivity index (χ1) is 18.7. The lowest BCUT2D eigenvalue weighted by Crippen LogP contribution is -2.30. The van der Waals surface area contributed by atoms with E-state index in [0.29, 0.717) is 16.5 Å². The molecule has 0 spiro atoms. The molecule has 2 aromatic heterocycles. The van der Waals surface area contributed by atoms with Gasteiger partial charge in [0.1, 0.15) is 17.5 Å². The lowest BCUT2D eigenvalue weighted by molar-refractivity contribution is -0.123. The Morgan fingerprint density at radius 1 is 1.05 bits per heavy atom. The van der Waals surface area contributed by atoms with Gasteiger partial charge in [-0.1, -0.05) is 26.8 Å². The van der Waals surface area contributed by atoms with Crippen molar-refractivity contribution in [2.45, 2.75) is 32.9 Å². The van der Waals surface area contributed by atoms with Gasteiger partial charge in [0, 0.05) is 40.9 Å². The second kappa shape index (κ2) is 10.4. The summed E-state index contributed by atoms with van der Waals surface area (Å²) in [6.45, 7) is 5.59. The van der Waals surface area contributed by atoms with Crippen molar-refractivity contribution in [3.63, 3.8) is 0 Å². The van der Waals surface area contributed by atoms with Crippen LogP contribution in [-0.2, 0) is 4.79 Å². The molecule has 200 valence electrons. The van der Waals surface area contributed by atoms with E-state index < -0.39 is 5.41 Å². The SMILES string of the molecule is COc1cc(N2C(=S)N[C@H](c3ccccn3)[C@@H]2c2cccn2-c2ccc(O)cc2)ccc1NC(=O)C(C)(C)C. The summed E-state index contributed by atoms with van der Waals surface area (Å²) in [5.41, 5.74) is 3.58. The Labute approximate surface area is 233 Å². The van der Waals surface area contributed by atoms with Crippen LogP contribution in [-0.4, -0.2) is 32.8 Å². The van der Waals surface area contributed by atoms with E-state index in [-0.39, 0.29) is 23.7 Å². The summed E-state index contributed by atoms with van der Waals surface area (Å²) in [4.78, 5) is 19.4. The van der Waals surface area contributed by atoms with Crippen molar-refractivity contribution >= 4 is 34.6 Å². The van der Waals surface area contributed by atoms with Crippen molar-refractivity contribution in [2.75, 3.05) is 17.3 Å². The van der Waals surface area contributed by atoms with E-state index in [9.17, 15) is 9.90 Å². The van der Waals surface area contributed by atoms with Gasteiger partial charge in [0.25, 0.3) is 0 Å². The van der Waals surface area contributed by atoms with E-state index in [1.165, 1.54) is 0 Å². The standard InChI is InChI=1S/C30H31N5O3S/c1-30(2,3)28(37)32-22-15-12-20(18-25(22)38-4)35-27(26(33-29(35)39)23-8-5-6-16-31-23)24-9-7-17-34(24)19-10-13-21(36)14-11-19/h5-18,26-27,36H,1-4H3,(H,32,37)(H,33,39)/t26-,27+/m1/s1. The number of thiocarbonyl (C=S) groups is 1. The normalized spacial score (nSPS) is 17.1. The number of methoxy groups -OCH3 is 1. The van der Waals surface area contributed by atoms with Gasteiger partial charge in [0.05, 0.1) is 24.5 Å². The van der Waals surface area contributed by atoms with Crippen LogP contribution in [0.4, 0.5) is 11.4 Å². The fourth-order valence-electron chi connectivity index (χ4n) is 4.66. The number of hydrogen-bond donors (Lipinski definition) is 3. The van der Waals surface area contributed by atoms with Gasteiger partial charge >= 0.3 is 0 Å². The van der Waals surface area contributed by atoms with Gasteiger partial charge in [-0.15, -0.1) is 0 Å². The number of amides is 1. The highest BCUT2D eigenvalue weighted by atomic mass is 32.1. The first-order valence-corrected chi connectivity index (χ1v) is 13.0. The Kier molecular flexibility index (Phi) is 7.01. The maximum absolute atomic E-state index is 12.7. The molecule has 2 atom stereocenters. The van der Waals surface area contributed by atoms with Crippen molar-refractivity contribution in [1.29, 1.82) is 0 Å². The predicted molar refractivity (Wildman–Crippen MR) is 156 cm³/mol. The third-order valence-corrected chi connectivity index (χ3v) is 7.02. The van der Waals surface area contributed by atoms with Crippen molar-refractivity contribution < 1.29 is 14.6 Å². The average Bonchev–Trinajstić information content (AvgIpc) is 3.53. The number of ether oxygens (including phenoxy) is 1. The molecule has 4 aromatic rings. The van der Waals surface area contributed by atoms with E-state index in [2.05, 4.69) is 31.2 Å². The van der Waals surface area contributed by atoms with Crippen LogP contribution >= 0.6 is 12.2 Å². The van der Waals surface area contributed by atoms with Crippen LogP contribution in [0.1, 0.15) is 44.2 Å². The second-order valence-electron chi connectivity index (χ2n) is 10.4. The molecule has 9 heteroatoms. The number of benzene rings is 2. The van der Waals surface area contributed by atoms with Crippen molar-refractivity contribution in [1.82, 2.24) is 14.9 Å². The summed E-state index contributed by atoms with van der Waals surface area (Å²) in [5.74, 6) is 0.628. The molecule has 1 fully saturated rings. The van der Waals surface area contributed by atoms with Crippen LogP contribution in [0.15, 0.2) is 85.2 Å². The number of carbonyl (C=O) groups excluding carboxylic acids is 1. The van der Waals surface area contributed by atoms with E-state index >= 15 is 0 Å². The Balaban J connectivity index is 1.60. The number of phenolic OH excluding ortho intramolecular Hbond substituents is 1. The number of carbonyl (C=O) groups is 1. The minimum absolute atomic E-state index is 0.105. The van der Waals surface area contributed by atoms with Gasteiger partial charge in [-0.2, -0.15) is 0 Å². The minimum atomic E-state index is -0.551. The summed E-state index contributed by atoms with van der Waals surface area (Å²) in [6, 6.07) is 22.1. The summed E-state index contributed by atoms with van der Waals surface area (Å²) in [6.07, 6.45) is 3.76. The van der Waals surface area contributed by atoms with Crippen LogP contribution in [0.5, 0.6) is 11.5 Å². The van der Waals surface area contributed by atoms with Crippen LogP contribution < -0.4 is 20.3 Å². The maximum Gasteiger partial charge on any atom is 0.229 e. The van der Waals surface area contributed by atoms with Gasteiger partial charge in [0.15, 0.2) is 5.11 Å². The van der Waals surface area contributed by atoms with Crippen LogP contribution in [0.2, 0.25) is 0 Å². The molecule has 0 aliphatic carbocycles. The molecule has 3 N–H and O–H groups in total. The van der Waals surface area contributed by atoms with Crippen LogP contribution in [0.25, 0.3) is 5.69 Å². The third kappa shape index (κ3) is 5.18. The molecule has 1 amide bonds. The number of nitrogens with one attached hydrogen (secondary N) is 2. The van der Waals surface area contributed by atoms with E-state index in [0.717, 1.165) is 22.8 Å². The lowest BCUT2D eigenvalue weighted by atomic mass is 9.95. The molecule has 1 aliphatic heterocycles. The summed E-state index contributed by atoms with van der Waals surface area (Å²) >= 11 is 5.89. The average molecular weight is 542 g/mol. The number of aromatic nitrogens is 2. The van der Waals surface area contributed by atoms with Crippen LogP contribution in [0.3, 0.4) is 0 Å². The number of nitrogens with zero attached hydrogens (tertiary/aromatic N) is 3. The molecule has 0 saturated carbocycles. The van der Waals surface area contributed by atoms with Crippen molar-refractivity contribution in [2.24, 2.45) is 5.41 Å². The molecular formula is C30H31N5O3S. The zero-order chi connectivity index (χ0) is 27.7. The minimum Gasteiger partial charge on any atom is -0.508 e. The first kappa shape index (κ1) is 26.2. The fourth-order valence-corrected chi connectivity index (χ4v) is 5.01. The highest BCUT2D eigenvalue weighted by molar-refractivity contribution is 7.80. The number of anilines is 2. The van der Waals surface area contributed by atoms with Crippen molar-refractivity contribution in [3.8, 4) is 17.2 Å². The van der Waals surface area contributed by atoms with Crippen molar-refractivity contribution in [3.05, 3.63) is 96.6 Å². The molecule has 5 rings (SSSR count). The van der Waals surface area contributed by atoms with E-state index in [1.807, 2.05) is 81.6 Å². The molecule has 1 aliphatic rings. The zero-order valence-electron chi connectivity index (χ0n) is 22.3.